The third kappa shape index (κ3) is 3.56. The molecule has 1 aliphatic heterocycles. The fourth-order valence-corrected chi connectivity index (χ4v) is 6.11. The Morgan fingerprint density at radius 2 is 1.96 bits per heavy atom. The van der Waals surface area contributed by atoms with E-state index in [4.69, 9.17) is 4.74 Å². The molecule has 0 bridgehead atoms. The first-order chi connectivity index (χ1) is 12.3. The summed E-state index contributed by atoms with van der Waals surface area (Å²) < 4.78 is 32.3. The molecule has 0 amide bonds. The van der Waals surface area contributed by atoms with Crippen molar-refractivity contribution in [2.24, 2.45) is 5.92 Å². The van der Waals surface area contributed by atoms with Crippen LogP contribution in [0.25, 0.3) is 0 Å². The predicted molar refractivity (Wildman–Crippen MR) is 103 cm³/mol. The van der Waals surface area contributed by atoms with E-state index in [0.29, 0.717) is 29.8 Å². The van der Waals surface area contributed by atoms with Gasteiger partial charge in [-0.15, -0.1) is 0 Å². The second-order valence-electron chi connectivity index (χ2n) is 6.67. The number of carbonyl (C=O) groups excluding carboxylic acids is 1. The van der Waals surface area contributed by atoms with E-state index in [0.717, 1.165) is 16.9 Å². The first-order valence-corrected chi connectivity index (χ1v) is 10.9. The molecule has 0 radical (unpaired) electrons. The van der Waals surface area contributed by atoms with Crippen molar-refractivity contribution < 1.29 is 17.9 Å². The van der Waals surface area contributed by atoms with Gasteiger partial charge in [-0.05, 0) is 61.4 Å². The molecular formula is C19H23NO4S2. The maximum absolute atomic E-state index is 13.0. The Morgan fingerprint density at radius 3 is 2.54 bits per heavy atom. The lowest BCUT2D eigenvalue weighted by Crippen LogP contribution is -2.42. The zero-order chi connectivity index (χ0) is 18.9. The minimum Gasteiger partial charge on any atom is -0.496 e. The Balaban J connectivity index is 1.83. The highest BCUT2D eigenvalue weighted by Crippen LogP contribution is 2.29. The molecule has 1 fully saturated rings. The van der Waals surface area contributed by atoms with Crippen molar-refractivity contribution in [3.63, 3.8) is 0 Å². The molecule has 0 unspecified atom stereocenters. The highest BCUT2D eigenvalue weighted by atomic mass is 32.2. The van der Waals surface area contributed by atoms with Crippen molar-refractivity contribution in [2.45, 2.75) is 31.6 Å². The summed E-state index contributed by atoms with van der Waals surface area (Å²) in [6.45, 7) is 4.53. The summed E-state index contributed by atoms with van der Waals surface area (Å²) >= 11 is 1.36. The standard InChI is InChI=1S/C19H23NO4S2/c1-13-9-16(10-14(2)19(13)24-3)18(21)15-5-4-7-20(11-15)26(22,23)17-6-8-25-12-17/h6,8-10,12,15H,4-5,7,11H2,1-3H3/t15-/m0/s1. The van der Waals surface area contributed by atoms with Crippen LogP contribution in [-0.2, 0) is 10.0 Å². The lowest BCUT2D eigenvalue weighted by Gasteiger charge is -2.31. The van der Waals surface area contributed by atoms with Gasteiger partial charge >= 0.3 is 0 Å². The quantitative estimate of drug-likeness (QED) is 0.727. The Morgan fingerprint density at radius 1 is 1.27 bits per heavy atom. The molecule has 140 valence electrons. The number of nitrogens with zero attached hydrogens (tertiary/aromatic N) is 1. The summed E-state index contributed by atoms with van der Waals surface area (Å²) in [5.41, 5.74) is 2.45. The highest BCUT2D eigenvalue weighted by molar-refractivity contribution is 7.89. The van der Waals surface area contributed by atoms with Gasteiger partial charge in [-0.1, -0.05) is 0 Å². The summed E-state index contributed by atoms with van der Waals surface area (Å²) in [5, 5.41) is 3.39. The Kier molecular flexibility index (Phi) is 5.50. The SMILES string of the molecule is COc1c(C)cc(C(=O)[C@H]2CCCN(S(=O)(=O)c3ccsc3)C2)cc1C. The molecule has 2 aromatic rings. The number of benzene rings is 1. The van der Waals surface area contributed by atoms with Crippen LogP contribution in [0, 0.1) is 19.8 Å². The van der Waals surface area contributed by atoms with Gasteiger partial charge in [0, 0.05) is 30.0 Å². The first-order valence-electron chi connectivity index (χ1n) is 8.56. The van der Waals surface area contributed by atoms with E-state index in [1.54, 1.807) is 23.9 Å². The second-order valence-corrected chi connectivity index (χ2v) is 9.39. The van der Waals surface area contributed by atoms with Gasteiger partial charge in [0.15, 0.2) is 5.78 Å². The summed E-state index contributed by atoms with van der Waals surface area (Å²) in [6, 6.07) is 5.28. The van der Waals surface area contributed by atoms with E-state index in [1.165, 1.54) is 15.6 Å². The fourth-order valence-electron chi connectivity index (χ4n) is 3.57. The van der Waals surface area contributed by atoms with Crippen molar-refractivity contribution >= 4 is 27.1 Å². The summed E-state index contributed by atoms with van der Waals surface area (Å²) in [6.07, 6.45) is 1.40. The number of hydrogen-bond acceptors (Lipinski definition) is 5. The van der Waals surface area contributed by atoms with Crippen LogP contribution in [0.3, 0.4) is 0 Å². The molecule has 1 aliphatic rings. The smallest absolute Gasteiger partial charge is 0.243 e. The van der Waals surface area contributed by atoms with E-state index < -0.39 is 10.0 Å². The minimum atomic E-state index is -3.52. The van der Waals surface area contributed by atoms with Gasteiger partial charge in [0.25, 0.3) is 0 Å². The molecule has 1 aromatic carbocycles. The number of ketones is 1. The van der Waals surface area contributed by atoms with Crippen LogP contribution in [0.4, 0.5) is 0 Å². The van der Waals surface area contributed by atoms with E-state index >= 15 is 0 Å². The number of methoxy groups -OCH3 is 1. The Bertz CT molecular complexity index is 881. The second kappa shape index (κ2) is 7.50. The van der Waals surface area contributed by atoms with Crippen molar-refractivity contribution in [3.05, 3.63) is 45.6 Å². The van der Waals surface area contributed by atoms with Crippen LogP contribution in [0.15, 0.2) is 33.9 Å². The first kappa shape index (κ1) is 19.1. The van der Waals surface area contributed by atoms with Gasteiger partial charge in [-0.3, -0.25) is 4.79 Å². The number of thiophene rings is 1. The van der Waals surface area contributed by atoms with Gasteiger partial charge in [0.05, 0.1) is 12.0 Å². The molecule has 0 spiro atoms. The van der Waals surface area contributed by atoms with Crippen molar-refractivity contribution in [1.82, 2.24) is 4.31 Å². The molecule has 0 aliphatic carbocycles. The van der Waals surface area contributed by atoms with Gasteiger partial charge in [0.2, 0.25) is 10.0 Å². The molecule has 1 atom stereocenters. The lowest BCUT2D eigenvalue weighted by atomic mass is 9.89. The summed E-state index contributed by atoms with van der Waals surface area (Å²) in [5.74, 6) is 0.472. The number of aryl methyl sites for hydroxylation is 2. The number of piperidine rings is 1. The zero-order valence-corrected chi connectivity index (χ0v) is 16.8. The summed E-state index contributed by atoms with van der Waals surface area (Å²) in [4.78, 5) is 13.3. The van der Waals surface area contributed by atoms with Crippen LogP contribution >= 0.6 is 11.3 Å². The molecule has 1 saturated heterocycles. The molecule has 7 heteroatoms. The van der Waals surface area contributed by atoms with E-state index in [2.05, 4.69) is 0 Å². The van der Waals surface area contributed by atoms with Crippen molar-refractivity contribution in [3.8, 4) is 5.75 Å². The number of hydrogen-bond donors (Lipinski definition) is 0. The lowest BCUT2D eigenvalue weighted by molar-refractivity contribution is 0.0872. The van der Waals surface area contributed by atoms with Crippen molar-refractivity contribution in [1.29, 1.82) is 0 Å². The minimum absolute atomic E-state index is 0.00377. The molecule has 5 nitrogen and oxygen atoms in total. The van der Waals surface area contributed by atoms with Crippen LogP contribution in [0.5, 0.6) is 5.75 Å². The molecule has 1 aromatic heterocycles. The average Bonchev–Trinajstić information content (AvgIpc) is 3.16. The topological polar surface area (TPSA) is 63.7 Å². The molecule has 2 heterocycles. The molecule has 26 heavy (non-hydrogen) atoms. The van der Waals surface area contributed by atoms with Gasteiger partial charge < -0.3 is 4.74 Å². The average molecular weight is 394 g/mol. The van der Waals surface area contributed by atoms with Crippen LogP contribution in [0.1, 0.15) is 34.3 Å². The fraction of sp³-hybridized carbons (Fsp3) is 0.421. The van der Waals surface area contributed by atoms with Crippen LogP contribution in [-0.4, -0.2) is 38.7 Å². The zero-order valence-electron chi connectivity index (χ0n) is 15.2. The molecule has 0 N–H and O–H groups in total. The third-order valence-corrected chi connectivity index (χ3v) is 7.53. The van der Waals surface area contributed by atoms with E-state index in [1.807, 2.05) is 26.0 Å². The number of Topliss-reactive ketones (excluding diaryl/α,β-unsaturated/α-hetero) is 1. The number of sulfonamides is 1. The maximum Gasteiger partial charge on any atom is 0.243 e. The Hall–Kier alpha value is -1.70. The van der Waals surface area contributed by atoms with Gasteiger partial charge in [-0.2, -0.15) is 15.6 Å². The van der Waals surface area contributed by atoms with E-state index in [-0.39, 0.29) is 18.2 Å². The largest absolute Gasteiger partial charge is 0.496 e. The molecule has 0 saturated carbocycles. The number of rotatable bonds is 5. The van der Waals surface area contributed by atoms with Gasteiger partial charge in [-0.25, -0.2) is 8.42 Å². The van der Waals surface area contributed by atoms with Crippen molar-refractivity contribution in [2.75, 3.05) is 20.2 Å². The molecular weight excluding hydrogens is 370 g/mol. The van der Waals surface area contributed by atoms with E-state index in [9.17, 15) is 13.2 Å². The molecule has 3 rings (SSSR count). The van der Waals surface area contributed by atoms with Crippen LogP contribution in [0.2, 0.25) is 0 Å². The monoisotopic (exact) mass is 393 g/mol. The number of carbonyl (C=O) groups is 1. The highest BCUT2D eigenvalue weighted by Gasteiger charge is 2.34. The summed E-state index contributed by atoms with van der Waals surface area (Å²) in [7, 11) is -1.91. The number of ether oxygens (including phenoxy) is 1. The third-order valence-electron chi connectivity index (χ3n) is 4.84. The normalized spacial score (nSPS) is 18.7. The Labute approximate surface area is 158 Å². The van der Waals surface area contributed by atoms with Gasteiger partial charge in [0.1, 0.15) is 5.75 Å². The maximum atomic E-state index is 13.0. The predicted octanol–water partition coefficient (Wildman–Crippen LogP) is 3.66. The van der Waals surface area contributed by atoms with Crippen LogP contribution < -0.4 is 4.74 Å².